The van der Waals surface area contributed by atoms with E-state index in [4.69, 9.17) is 0 Å². The van der Waals surface area contributed by atoms with Gasteiger partial charge in [-0.05, 0) is 41.5 Å². The van der Waals surface area contributed by atoms with Crippen LogP contribution in [0, 0.1) is 0 Å². The molecule has 1 atom stereocenters. The summed E-state index contributed by atoms with van der Waals surface area (Å²) in [5.41, 5.74) is 3.55. The lowest BCUT2D eigenvalue weighted by molar-refractivity contribution is -0.129. The van der Waals surface area contributed by atoms with E-state index in [1.807, 2.05) is 60.7 Å². The Bertz CT molecular complexity index is 1050. The Morgan fingerprint density at radius 2 is 1.93 bits per heavy atom. The number of aromatic nitrogens is 1. The summed E-state index contributed by atoms with van der Waals surface area (Å²) in [6.07, 6.45) is 5.56. The van der Waals surface area contributed by atoms with E-state index in [0.717, 1.165) is 27.7 Å². The fraction of sp³-hybridized carbons (Fsp3) is 0.136. The second-order valence-corrected chi connectivity index (χ2v) is 6.51. The fourth-order valence-corrected chi connectivity index (χ4v) is 3.50. The van der Waals surface area contributed by atoms with Crippen molar-refractivity contribution in [2.75, 3.05) is 5.32 Å². The zero-order chi connectivity index (χ0) is 18.8. The average molecular weight is 357 g/mol. The lowest BCUT2D eigenvalue weighted by atomic mass is 9.93. The number of benzene rings is 2. The second-order valence-electron chi connectivity index (χ2n) is 6.51. The van der Waals surface area contributed by atoms with Crippen molar-refractivity contribution < 1.29 is 9.59 Å². The van der Waals surface area contributed by atoms with Gasteiger partial charge in [0.25, 0.3) is 0 Å². The molecule has 1 N–H and O–H groups in total. The first-order valence-corrected chi connectivity index (χ1v) is 8.83. The van der Waals surface area contributed by atoms with E-state index in [1.165, 1.54) is 6.92 Å². The number of anilines is 1. The molecule has 27 heavy (non-hydrogen) atoms. The molecule has 0 bridgehead atoms. The number of pyridine rings is 1. The number of nitrogens with one attached hydrogen (secondary N) is 1. The molecule has 0 saturated carbocycles. The van der Waals surface area contributed by atoms with Crippen LogP contribution in [-0.4, -0.2) is 21.7 Å². The largest absolute Gasteiger partial charge is 0.325 e. The molecule has 5 heteroatoms. The number of hydrogen-bond acceptors (Lipinski definition) is 3. The molecule has 3 aromatic rings. The molecule has 1 unspecified atom stereocenters. The highest BCUT2D eigenvalue weighted by atomic mass is 16.2. The van der Waals surface area contributed by atoms with E-state index >= 15 is 0 Å². The predicted octanol–water partition coefficient (Wildman–Crippen LogP) is 4.14. The maximum absolute atomic E-state index is 12.8. The van der Waals surface area contributed by atoms with Crippen LogP contribution in [0.4, 0.5) is 5.69 Å². The van der Waals surface area contributed by atoms with Gasteiger partial charge >= 0.3 is 0 Å². The molecule has 0 aliphatic carbocycles. The van der Waals surface area contributed by atoms with Crippen molar-refractivity contribution in [1.29, 1.82) is 0 Å². The number of fused-ring (bicyclic) bond motifs is 2. The van der Waals surface area contributed by atoms with Crippen LogP contribution in [0.2, 0.25) is 0 Å². The van der Waals surface area contributed by atoms with Crippen LogP contribution in [-0.2, 0) is 9.59 Å². The molecule has 0 radical (unpaired) electrons. The van der Waals surface area contributed by atoms with Crippen LogP contribution in [0.3, 0.4) is 0 Å². The second kappa shape index (κ2) is 7.03. The Labute approximate surface area is 157 Å². The van der Waals surface area contributed by atoms with Gasteiger partial charge in [-0.15, -0.1) is 0 Å². The van der Waals surface area contributed by atoms with Crippen molar-refractivity contribution in [3.63, 3.8) is 0 Å². The van der Waals surface area contributed by atoms with Crippen molar-refractivity contribution in [2.24, 2.45) is 0 Å². The molecule has 0 spiro atoms. The van der Waals surface area contributed by atoms with E-state index in [0.29, 0.717) is 0 Å². The van der Waals surface area contributed by atoms with Gasteiger partial charge in [0.15, 0.2) is 0 Å². The Morgan fingerprint density at radius 1 is 1.07 bits per heavy atom. The van der Waals surface area contributed by atoms with E-state index in [1.54, 1.807) is 17.3 Å². The molecular formula is C22H19N3O2. The van der Waals surface area contributed by atoms with Crippen LogP contribution in [0.1, 0.15) is 30.5 Å². The molecule has 2 heterocycles. The Kier molecular flexibility index (Phi) is 4.42. The number of amides is 2. The maximum atomic E-state index is 12.8. The average Bonchev–Trinajstić information content (AvgIpc) is 2.68. The monoisotopic (exact) mass is 357 g/mol. The standard InChI is InChI=1S/C22H19N3O2/c1-15(26)25-13-11-16-6-2-3-7-17(16)21(25)14-22(27)24-20-10-4-9-19-18(20)8-5-12-23-19/h2-13,21H,14H2,1H3,(H,24,27). The zero-order valence-electron chi connectivity index (χ0n) is 14.9. The molecular weight excluding hydrogens is 338 g/mol. The minimum atomic E-state index is -0.322. The highest BCUT2D eigenvalue weighted by Gasteiger charge is 2.28. The summed E-state index contributed by atoms with van der Waals surface area (Å²) in [4.78, 5) is 30.8. The van der Waals surface area contributed by atoms with E-state index in [2.05, 4.69) is 10.3 Å². The lowest BCUT2D eigenvalue weighted by Crippen LogP contribution is -2.33. The molecule has 1 aliphatic rings. The zero-order valence-corrected chi connectivity index (χ0v) is 14.9. The van der Waals surface area contributed by atoms with Gasteiger partial charge in [-0.3, -0.25) is 14.6 Å². The molecule has 134 valence electrons. The minimum Gasteiger partial charge on any atom is -0.325 e. The summed E-state index contributed by atoms with van der Waals surface area (Å²) in [6.45, 7) is 1.51. The number of rotatable bonds is 3. The van der Waals surface area contributed by atoms with Crippen molar-refractivity contribution in [2.45, 2.75) is 19.4 Å². The van der Waals surface area contributed by atoms with Gasteiger partial charge in [0.05, 0.1) is 23.7 Å². The summed E-state index contributed by atoms with van der Waals surface area (Å²) in [5, 5.41) is 3.87. The van der Waals surface area contributed by atoms with E-state index in [-0.39, 0.29) is 24.3 Å². The highest BCUT2D eigenvalue weighted by Crippen LogP contribution is 2.33. The SMILES string of the molecule is CC(=O)N1C=Cc2ccccc2C1CC(=O)Nc1cccc2ncccc12. The Hall–Kier alpha value is -3.47. The summed E-state index contributed by atoms with van der Waals surface area (Å²) in [7, 11) is 0. The smallest absolute Gasteiger partial charge is 0.226 e. The first-order valence-electron chi connectivity index (χ1n) is 8.83. The predicted molar refractivity (Wildman–Crippen MR) is 106 cm³/mol. The summed E-state index contributed by atoms with van der Waals surface area (Å²) >= 11 is 0. The molecule has 0 fully saturated rings. The number of nitrogens with zero attached hydrogens (tertiary/aromatic N) is 2. The van der Waals surface area contributed by atoms with Gasteiger partial charge < -0.3 is 10.2 Å². The molecule has 5 nitrogen and oxygen atoms in total. The molecule has 0 saturated heterocycles. The first-order chi connectivity index (χ1) is 13.1. The summed E-state index contributed by atoms with van der Waals surface area (Å²) < 4.78 is 0. The quantitative estimate of drug-likeness (QED) is 0.766. The van der Waals surface area contributed by atoms with E-state index in [9.17, 15) is 9.59 Å². The molecule has 1 aromatic heterocycles. The van der Waals surface area contributed by atoms with Crippen LogP contribution in [0.25, 0.3) is 17.0 Å². The summed E-state index contributed by atoms with van der Waals surface area (Å²) in [6, 6.07) is 16.9. The van der Waals surface area contributed by atoms with Crippen LogP contribution in [0.15, 0.2) is 67.0 Å². The Balaban J connectivity index is 1.61. The molecule has 1 aliphatic heterocycles. The summed E-state index contributed by atoms with van der Waals surface area (Å²) in [5.74, 6) is -0.236. The van der Waals surface area contributed by atoms with Crippen LogP contribution in [0.5, 0.6) is 0 Å². The van der Waals surface area contributed by atoms with Crippen molar-refractivity contribution in [1.82, 2.24) is 9.88 Å². The van der Waals surface area contributed by atoms with Crippen LogP contribution >= 0.6 is 0 Å². The Morgan fingerprint density at radius 3 is 2.78 bits per heavy atom. The van der Waals surface area contributed by atoms with Gasteiger partial charge in [-0.2, -0.15) is 0 Å². The van der Waals surface area contributed by atoms with Crippen LogP contribution < -0.4 is 5.32 Å². The highest BCUT2D eigenvalue weighted by molar-refractivity contribution is 6.01. The van der Waals surface area contributed by atoms with Crippen molar-refractivity contribution in [3.05, 3.63) is 78.1 Å². The van der Waals surface area contributed by atoms with E-state index < -0.39 is 0 Å². The number of carbonyl (C=O) groups is 2. The van der Waals surface area contributed by atoms with Gasteiger partial charge in [-0.25, -0.2) is 0 Å². The van der Waals surface area contributed by atoms with Gasteiger partial charge in [0, 0.05) is 24.7 Å². The molecule has 2 amide bonds. The number of hydrogen-bond donors (Lipinski definition) is 1. The fourth-order valence-electron chi connectivity index (χ4n) is 3.50. The number of carbonyl (C=O) groups excluding carboxylic acids is 2. The molecule has 4 rings (SSSR count). The van der Waals surface area contributed by atoms with Gasteiger partial charge in [0.1, 0.15) is 0 Å². The maximum Gasteiger partial charge on any atom is 0.226 e. The lowest BCUT2D eigenvalue weighted by Gasteiger charge is -2.32. The third kappa shape index (κ3) is 3.31. The van der Waals surface area contributed by atoms with Gasteiger partial charge in [0.2, 0.25) is 11.8 Å². The third-order valence-electron chi connectivity index (χ3n) is 4.77. The van der Waals surface area contributed by atoms with Gasteiger partial charge in [-0.1, -0.05) is 30.3 Å². The normalized spacial score (nSPS) is 15.4. The van der Waals surface area contributed by atoms with Crippen molar-refractivity contribution >= 4 is 34.5 Å². The topological polar surface area (TPSA) is 62.3 Å². The molecule has 2 aromatic carbocycles. The minimum absolute atomic E-state index is 0.0899. The van der Waals surface area contributed by atoms with Crippen molar-refractivity contribution in [3.8, 4) is 0 Å². The first kappa shape index (κ1) is 17.0. The third-order valence-corrected chi connectivity index (χ3v) is 4.77.